The number of nitrogens with zero attached hydrogens (tertiary/aromatic N) is 3. The molecule has 0 unspecified atom stereocenters. The zero-order valence-electron chi connectivity index (χ0n) is 10.4. The van der Waals surface area contributed by atoms with Gasteiger partial charge in [-0.2, -0.15) is 5.10 Å². The molecule has 5 heteroatoms. The van der Waals surface area contributed by atoms with Crippen molar-refractivity contribution in [2.45, 2.75) is 26.2 Å². The normalized spacial score (nSPS) is 14.9. The molecule has 1 aliphatic rings. The number of hydrogen-bond acceptors (Lipinski definition) is 2. The summed E-state index contributed by atoms with van der Waals surface area (Å²) in [4.78, 5) is 12.2. The Morgan fingerprint density at radius 3 is 2.83 bits per heavy atom. The fourth-order valence-corrected chi connectivity index (χ4v) is 3.21. The van der Waals surface area contributed by atoms with Crippen molar-refractivity contribution in [3.63, 3.8) is 0 Å². The van der Waals surface area contributed by atoms with Crippen molar-refractivity contribution in [1.82, 2.24) is 14.3 Å². The van der Waals surface area contributed by atoms with Gasteiger partial charge in [-0.1, -0.05) is 0 Å². The largest absolute Gasteiger partial charge is 0.282 e. The van der Waals surface area contributed by atoms with Gasteiger partial charge >= 0.3 is 0 Å². The second-order valence-electron chi connectivity index (χ2n) is 4.71. The Morgan fingerprint density at radius 2 is 2.17 bits per heavy atom. The minimum Gasteiger partial charge on any atom is -0.282 e. The molecule has 0 aliphatic carbocycles. The summed E-state index contributed by atoms with van der Waals surface area (Å²) in [5.41, 5.74) is 4.24. The Hall–Kier alpha value is -1.36. The highest BCUT2D eigenvalue weighted by Gasteiger charge is 2.25. The van der Waals surface area contributed by atoms with Crippen LogP contribution in [0.3, 0.4) is 0 Å². The lowest BCUT2D eigenvalue weighted by Gasteiger charge is -2.17. The Bertz CT molecular complexity index is 619. The van der Waals surface area contributed by atoms with Crippen molar-refractivity contribution >= 4 is 21.8 Å². The van der Waals surface area contributed by atoms with Crippen molar-refractivity contribution in [3.05, 3.63) is 28.0 Å². The number of aromatic nitrogens is 3. The van der Waals surface area contributed by atoms with Crippen LogP contribution in [-0.4, -0.2) is 20.3 Å². The molecular formula is C13H14BrN3O. The van der Waals surface area contributed by atoms with Crippen LogP contribution in [0.25, 0.3) is 11.4 Å². The topological polar surface area (TPSA) is 39.8 Å². The average molecular weight is 308 g/mol. The molecule has 0 fully saturated rings. The molecule has 0 aromatic carbocycles. The molecule has 0 radical (unpaired) electrons. The lowest BCUT2D eigenvalue weighted by atomic mass is 10.1. The van der Waals surface area contributed by atoms with E-state index < -0.39 is 0 Å². The van der Waals surface area contributed by atoms with Crippen LogP contribution in [0.5, 0.6) is 0 Å². The first-order valence-corrected chi connectivity index (χ1v) is 6.81. The minimum absolute atomic E-state index is 0.187. The van der Waals surface area contributed by atoms with Crippen molar-refractivity contribution < 1.29 is 4.79 Å². The second kappa shape index (κ2) is 4.09. The molecule has 0 saturated heterocycles. The van der Waals surface area contributed by atoms with Gasteiger partial charge in [0.15, 0.2) is 0 Å². The maximum absolute atomic E-state index is 12.2. The molecule has 0 saturated carbocycles. The monoisotopic (exact) mass is 307 g/mol. The fourth-order valence-electron chi connectivity index (χ4n) is 2.66. The minimum atomic E-state index is 0.187. The number of hydrogen-bond donors (Lipinski definition) is 0. The van der Waals surface area contributed by atoms with Gasteiger partial charge in [0.05, 0.1) is 22.1 Å². The molecule has 1 aliphatic heterocycles. The van der Waals surface area contributed by atoms with Crippen LogP contribution in [-0.2, 0) is 13.5 Å². The average Bonchev–Trinajstić information content (AvgIpc) is 2.82. The van der Waals surface area contributed by atoms with E-state index in [1.54, 1.807) is 10.9 Å². The zero-order chi connectivity index (χ0) is 12.9. The van der Waals surface area contributed by atoms with E-state index in [0.29, 0.717) is 6.42 Å². The molecule has 0 spiro atoms. The van der Waals surface area contributed by atoms with E-state index in [4.69, 9.17) is 0 Å². The fraction of sp³-hybridized carbons (Fsp3) is 0.385. The summed E-state index contributed by atoms with van der Waals surface area (Å²) in [5, 5.41) is 4.22. The summed E-state index contributed by atoms with van der Waals surface area (Å²) < 4.78 is 4.58. The molecule has 3 heterocycles. The number of carbonyl (C=O) groups is 1. The Balaban J connectivity index is 2.28. The van der Waals surface area contributed by atoms with Crippen LogP contribution in [0.1, 0.15) is 28.9 Å². The predicted octanol–water partition coefficient (Wildman–Crippen LogP) is 2.94. The molecule has 3 rings (SSSR count). The number of carbonyl (C=O) groups excluding carboxylic acids is 1. The third-order valence-corrected chi connectivity index (χ3v) is 4.09. The third kappa shape index (κ3) is 1.57. The summed E-state index contributed by atoms with van der Waals surface area (Å²) in [7, 11) is 1.89. The van der Waals surface area contributed by atoms with E-state index in [0.717, 1.165) is 34.4 Å². The molecule has 0 atom stereocenters. The summed E-state index contributed by atoms with van der Waals surface area (Å²) >= 11 is 3.50. The molecule has 0 bridgehead atoms. The van der Waals surface area contributed by atoms with E-state index in [2.05, 4.69) is 34.0 Å². The van der Waals surface area contributed by atoms with E-state index in [-0.39, 0.29) is 5.91 Å². The Kier molecular flexibility index (Phi) is 2.66. The molecule has 18 heavy (non-hydrogen) atoms. The molecule has 2 aromatic rings. The predicted molar refractivity (Wildman–Crippen MR) is 72.6 cm³/mol. The van der Waals surface area contributed by atoms with Gasteiger partial charge < -0.3 is 0 Å². The molecule has 2 aromatic heterocycles. The van der Waals surface area contributed by atoms with Gasteiger partial charge in [-0.25, -0.2) is 0 Å². The smallest absolute Gasteiger partial charge is 0.231 e. The zero-order valence-corrected chi connectivity index (χ0v) is 12.0. The van der Waals surface area contributed by atoms with Gasteiger partial charge in [-0.15, -0.1) is 0 Å². The highest BCUT2D eigenvalue weighted by molar-refractivity contribution is 9.10. The quantitative estimate of drug-likeness (QED) is 0.812. The summed E-state index contributed by atoms with van der Waals surface area (Å²) in [6, 6.07) is 2.08. The van der Waals surface area contributed by atoms with E-state index in [1.807, 2.05) is 11.6 Å². The first-order valence-electron chi connectivity index (χ1n) is 6.02. The molecule has 0 amide bonds. The van der Waals surface area contributed by atoms with Crippen LogP contribution in [0.15, 0.2) is 16.7 Å². The second-order valence-corrected chi connectivity index (χ2v) is 5.56. The third-order valence-electron chi connectivity index (χ3n) is 3.51. The van der Waals surface area contributed by atoms with Crippen molar-refractivity contribution in [1.29, 1.82) is 0 Å². The molecule has 4 nitrogen and oxygen atoms in total. The highest BCUT2D eigenvalue weighted by atomic mass is 79.9. The SMILES string of the molecule is Cc1cc(-c2c(Br)cnn2C)n2c1CCCC2=O. The Morgan fingerprint density at radius 1 is 1.39 bits per heavy atom. The molecular weight excluding hydrogens is 294 g/mol. The van der Waals surface area contributed by atoms with Gasteiger partial charge in [0, 0.05) is 19.2 Å². The summed E-state index contributed by atoms with van der Waals surface area (Å²) in [6.45, 7) is 2.07. The summed E-state index contributed by atoms with van der Waals surface area (Å²) in [5.74, 6) is 0.187. The lowest BCUT2D eigenvalue weighted by Crippen LogP contribution is -2.20. The van der Waals surface area contributed by atoms with Crippen LogP contribution >= 0.6 is 15.9 Å². The lowest BCUT2D eigenvalue weighted by molar-refractivity contribution is 0.0886. The van der Waals surface area contributed by atoms with E-state index >= 15 is 0 Å². The summed E-state index contributed by atoms with van der Waals surface area (Å²) in [6.07, 6.45) is 4.32. The van der Waals surface area contributed by atoms with Gasteiger partial charge in [0.25, 0.3) is 0 Å². The van der Waals surface area contributed by atoms with Crippen LogP contribution < -0.4 is 0 Å². The molecule has 94 valence electrons. The maximum Gasteiger partial charge on any atom is 0.231 e. The van der Waals surface area contributed by atoms with Gasteiger partial charge in [0.2, 0.25) is 5.91 Å². The van der Waals surface area contributed by atoms with E-state index in [1.165, 1.54) is 5.56 Å². The van der Waals surface area contributed by atoms with E-state index in [9.17, 15) is 4.79 Å². The Labute approximate surface area is 114 Å². The van der Waals surface area contributed by atoms with Crippen molar-refractivity contribution in [3.8, 4) is 11.4 Å². The maximum atomic E-state index is 12.2. The number of halogens is 1. The van der Waals surface area contributed by atoms with Crippen LogP contribution in [0, 0.1) is 6.92 Å². The van der Waals surface area contributed by atoms with Crippen molar-refractivity contribution in [2.75, 3.05) is 0 Å². The first-order chi connectivity index (χ1) is 8.59. The van der Waals surface area contributed by atoms with Gasteiger partial charge in [0.1, 0.15) is 0 Å². The van der Waals surface area contributed by atoms with Gasteiger partial charge in [-0.05, 0) is 47.3 Å². The standard InChI is InChI=1S/C13H14BrN3O/c1-8-6-11(13-9(14)7-15-16(13)2)17-10(8)4-3-5-12(17)18/h6-7H,3-5H2,1-2H3. The first kappa shape index (κ1) is 11.7. The van der Waals surface area contributed by atoms with Crippen molar-refractivity contribution in [2.24, 2.45) is 7.05 Å². The highest BCUT2D eigenvalue weighted by Crippen LogP contribution is 2.33. The van der Waals surface area contributed by atoms with Gasteiger partial charge in [-0.3, -0.25) is 14.0 Å². The van der Waals surface area contributed by atoms with Crippen LogP contribution in [0.2, 0.25) is 0 Å². The van der Waals surface area contributed by atoms with Crippen LogP contribution in [0.4, 0.5) is 0 Å². The number of rotatable bonds is 1. The number of aryl methyl sites for hydroxylation is 2. The number of fused-ring (bicyclic) bond motifs is 1. The molecule has 0 N–H and O–H groups in total.